The predicted molar refractivity (Wildman–Crippen MR) is 86.6 cm³/mol. The monoisotopic (exact) mass is 384 g/mol. The molecule has 1 aromatic rings. The molecular weight excluding hydrogens is 365 g/mol. The lowest BCUT2D eigenvalue weighted by Crippen LogP contribution is -2.36. The molecule has 0 atom stereocenters. The van der Waals surface area contributed by atoms with Crippen molar-refractivity contribution >= 4 is 21.6 Å². The molecule has 1 aromatic carbocycles. The summed E-state index contributed by atoms with van der Waals surface area (Å²) < 4.78 is 65.9. The standard InChI is InChI=1S/C15H20ClF3N2O2S/c16-12-5-6-14(13(11-12)15(17,18)19)24(22,23)20-7-10-21-8-3-1-2-4-9-21/h5-6,11,20H,1-4,7-10H2. The van der Waals surface area contributed by atoms with Crippen LogP contribution in [0.3, 0.4) is 0 Å². The van der Waals surface area contributed by atoms with Crippen LogP contribution in [-0.2, 0) is 16.2 Å². The van der Waals surface area contributed by atoms with Gasteiger partial charge in [0.05, 0.1) is 10.5 Å². The molecule has 1 N–H and O–H groups in total. The minimum absolute atomic E-state index is 0.0717. The Kier molecular flexibility index (Phi) is 6.52. The molecule has 1 aliphatic heterocycles. The first kappa shape index (κ1) is 19.5. The molecule has 0 saturated carbocycles. The highest BCUT2D eigenvalue weighted by Crippen LogP contribution is 2.35. The van der Waals surface area contributed by atoms with E-state index < -0.39 is 26.7 Å². The predicted octanol–water partition coefficient (Wildman–Crippen LogP) is 3.51. The van der Waals surface area contributed by atoms with Crippen LogP contribution in [0.1, 0.15) is 31.2 Å². The summed E-state index contributed by atoms with van der Waals surface area (Å²) >= 11 is 5.57. The van der Waals surface area contributed by atoms with Gasteiger partial charge < -0.3 is 4.90 Å². The maximum atomic E-state index is 13.1. The Morgan fingerprint density at radius 3 is 2.33 bits per heavy atom. The van der Waals surface area contributed by atoms with Gasteiger partial charge in [0, 0.05) is 18.1 Å². The van der Waals surface area contributed by atoms with Crippen LogP contribution in [0, 0.1) is 0 Å². The van der Waals surface area contributed by atoms with Gasteiger partial charge in [0.2, 0.25) is 10.0 Å². The van der Waals surface area contributed by atoms with Gasteiger partial charge in [0.25, 0.3) is 0 Å². The smallest absolute Gasteiger partial charge is 0.302 e. The SMILES string of the molecule is O=S(=O)(NCCN1CCCCCC1)c1ccc(Cl)cc1C(F)(F)F. The molecule has 1 heterocycles. The number of rotatable bonds is 5. The maximum Gasteiger partial charge on any atom is 0.417 e. The molecule has 0 aliphatic carbocycles. The normalized spacial score (nSPS) is 17.7. The third kappa shape index (κ3) is 5.34. The van der Waals surface area contributed by atoms with Gasteiger partial charge in [-0.05, 0) is 44.1 Å². The molecule has 0 unspecified atom stereocenters. The summed E-state index contributed by atoms with van der Waals surface area (Å²) in [6, 6.07) is 2.66. The zero-order chi connectivity index (χ0) is 17.8. The number of likely N-dealkylation sites (tertiary alicyclic amines) is 1. The van der Waals surface area contributed by atoms with Crippen LogP contribution in [0.5, 0.6) is 0 Å². The fourth-order valence-corrected chi connectivity index (χ4v) is 4.13. The summed E-state index contributed by atoms with van der Waals surface area (Å²) in [5.41, 5.74) is -1.25. The second-order valence-corrected chi connectivity index (χ2v) is 7.96. The van der Waals surface area contributed by atoms with Crippen molar-refractivity contribution in [3.05, 3.63) is 28.8 Å². The van der Waals surface area contributed by atoms with Crippen molar-refractivity contribution in [3.8, 4) is 0 Å². The van der Waals surface area contributed by atoms with E-state index in [1.54, 1.807) is 0 Å². The average molecular weight is 385 g/mol. The summed E-state index contributed by atoms with van der Waals surface area (Å²) in [6.45, 7) is 2.32. The highest BCUT2D eigenvalue weighted by Gasteiger charge is 2.37. The molecule has 0 bridgehead atoms. The third-order valence-corrected chi connectivity index (χ3v) is 5.71. The van der Waals surface area contributed by atoms with Crippen molar-refractivity contribution < 1.29 is 21.6 Å². The van der Waals surface area contributed by atoms with E-state index in [1.165, 1.54) is 0 Å². The molecule has 9 heteroatoms. The molecule has 136 valence electrons. The summed E-state index contributed by atoms with van der Waals surface area (Å²) in [6.07, 6.45) is -0.367. The number of nitrogens with one attached hydrogen (secondary N) is 1. The van der Waals surface area contributed by atoms with Gasteiger partial charge in [-0.15, -0.1) is 0 Å². The van der Waals surface area contributed by atoms with Gasteiger partial charge in [0.15, 0.2) is 0 Å². The first-order chi connectivity index (χ1) is 11.2. The van der Waals surface area contributed by atoms with Crippen LogP contribution in [0.4, 0.5) is 13.2 Å². The quantitative estimate of drug-likeness (QED) is 0.845. The van der Waals surface area contributed by atoms with Gasteiger partial charge in [-0.2, -0.15) is 13.2 Å². The Balaban J connectivity index is 2.07. The molecular formula is C15H20ClF3N2O2S. The molecule has 2 rings (SSSR count). The van der Waals surface area contributed by atoms with E-state index >= 15 is 0 Å². The van der Waals surface area contributed by atoms with Crippen LogP contribution < -0.4 is 4.72 Å². The molecule has 1 saturated heterocycles. The summed E-state index contributed by atoms with van der Waals surface area (Å²) in [5, 5.41) is -0.161. The lowest BCUT2D eigenvalue weighted by molar-refractivity contribution is -0.139. The van der Waals surface area contributed by atoms with Gasteiger partial charge in [0.1, 0.15) is 0 Å². The van der Waals surface area contributed by atoms with Gasteiger partial charge >= 0.3 is 6.18 Å². The van der Waals surface area contributed by atoms with Crippen molar-refractivity contribution in [1.82, 2.24) is 9.62 Å². The minimum Gasteiger partial charge on any atom is -0.302 e. The number of nitrogens with zero attached hydrogens (tertiary/aromatic N) is 1. The van der Waals surface area contributed by atoms with Crippen molar-refractivity contribution in [2.75, 3.05) is 26.2 Å². The molecule has 1 aliphatic rings. The Hall–Kier alpha value is -0.830. The van der Waals surface area contributed by atoms with Gasteiger partial charge in [-0.25, -0.2) is 13.1 Å². The number of hydrogen-bond donors (Lipinski definition) is 1. The average Bonchev–Trinajstić information content (AvgIpc) is 2.74. The fourth-order valence-electron chi connectivity index (χ4n) is 2.73. The molecule has 0 spiro atoms. The van der Waals surface area contributed by atoms with E-state index in [9.17, 15) is 21.6 Å². The van der Waals surface area contributed by atoms with Crippen molar-refractivity contribution in [2.24, 2.45) is 0 Å². The number of hydrogen-bond acceptors (Lipinski definition) is 3. The molecule has 4 nitrogen and oxygen atoms in total. The first-order valence-electron chi connectivity index (χ1n) is 7.79. The lowest BCUT2D eigenvalue weighted by atomic mass is 10.2. The highest BCUT2D eigenvalue weighted by atomic mass is 35.5. The summed E-state index contributed by atoms with van der Waals surface area (Å²) in [7, 11) is -4.26. The molecule has 0 aromatic heterocycles. The van der Waals surface area contributed by atoms with Gasteiger partial charge in [-0.3, -0.25) is 0 Å². The zero-order valence-electron chi connectivity index (χ0n) is 13.1. The number of alkyl halides is 3. The van der Waals surface area contributed by atoms with Crippen LogP contribution >= 0.6 is 11.6 Å². The lowest BCUT2D eigenvalue weighted by Gasteiger charge is -2.20. The highest BCUT2D eigenvalue weighted by molar-refractivity contribution is 7.89. The second kappa shape index (κ2) is 8.03. The van der Waals surface area contributed by atoms with Gasteiger partial charge in [-0.1, -0.05) is 24.4 Å². The van der Waals surface area contributed by atoms with Crippen molar-refractivity contribution in [3.63, 3.8) is 0 Å². The zero-order valence-corrected chi connectivity index (χ0v) is 14.6. The number of sulfonamides is 1. The summed E-state index contributed by atoms with van der Waals surface area (Å²) in [4.78, 5) is 1.33. The van der Waals surface area contributed by atoms with E-state index in [1.807, 2.05) is 0 Å². The molecule has 1 fully saturated rings. The summed E-state index contributed by atoms with van der Waals surface area (Å²) in [5.74, 6) is 0. The fraction of sp³-hybridized carbons (Fsp3) is 0.600. The van der Waals surface area contributed by atoms with Crippen LogP contribution in [0.15, 0.2) is 23.1 Å². The van der Waals surface area contributed by atoms with E-state index in [2.05, 4.69) is 9.62 Å². The Morgan fingerprint density at radius 2 is 1.75 bits per heavy atom. The van der Waals surface area contributed by atoms with Crippen LogP contribution in [0.25, 0.3) is 0 Å². The maximum absolute atomic E-state index is 13.1. The van der Waals surface area contributed by atoms with E-state index in [0.717, 1.165) is 50.9 Å². The third-order valence-electron chi connectivity index (χ3n) is 3.96. The molecule has 24 heavy (non-hydrogen) atoms. The number of halogens is 4. The molecule has 0 radical (unpaired) electrons. The van der Waals surface area contributed by atoms with Crippen molar-refractivity contribution in [2.45, 2.75) is 36.8 Å². The van der Waals surface area contributed by atoms with Crippen LogP contribution in [0.2, 0.25) is 5.02 Å². The van der Waals surface area contributed by atoms with Crippen molar-refractivity contribution in [1.29, 1.82) is 0 Å². The van der Waals surface area contributed by atoms with Crippen LogP contribution in [-0.4, -0.2) is 39.5 Å². The first-order valence-corrected chi connectivity index (χ1v) is 9.65. The minimum atomic E-state index is -4.79. The number of benzene rings is 1. The van der Waals surface area contributed by atoms with E-state index in [4.69, 9.17) is 11.6 Å². The Bertz CT molecular complexity index is 657. The largest absolute Gasteiger partial charge is 0.417 e. The second-order valence-electron chi connectivity index (χ2n) is 5.79. The Labute approximate surface area is 145 Å². The Morgan fingerprint density at radius 1 is 1.12 bits per heavy atom. The topological polar surface area (TPSA) is 49.4 Å². The van der Waals surface area contributed by atoms with E-state index in [0.29, 0.717) is 12.6 Å². The van der Waals surface area contributed by atoms with E-state index in [-0.39, 0.29) is 11.6 Å². The molecule has 0 amide bonds.